The number of hydrogen-bond donors (Lipinski definition) is 0. The number of rotatable bonds is 2. The van der Waals surface area contributed by atoms with Crippen LogP contribution in [0.1, 0.15) is 15.9 Å². The molecule has 0 bridgehead atoms. The molecule has 2 aromatic rings. The summed E-state index contributed by atoms with van der Waals surface area (Å²) in [7, 11) is 0. The number of esters is 1. The average Bonchev–Trinajstić information content (AvgIpc) is 2.34. The fourth-order valence-corrected chi connectivity index (χ4v) is 1.60. The molecule has 0 radical (unpaired) electrons. The third-order valence-electron chi connectivity index (χ3n) is 2.24. The minimum Gasteiger partial charge on any atom is -0.423 e. The Balaban J connectivity index is 2.19. The van der Waals surface area contributed by atoms with Crippen LogP contribution in [0.3, 0.4) is 0 Å². The van der Waals surface area contributed by atoms with Gasteiger partial charge < -0.3 is 4.74 Å². The van der Waals surface area contributed by atoms with Crippen LogP contribution in [-0.4, -0.2) is 11.0 Å². The molecule has 0 atom stereocenters. The van der Waals surface area contributed by atoms with Crippen LogP contribution in [0.2, 0.25) is 5.02 Å². The number of ether oxygens (including phenoxy) is 1. The molecule has 1 aromatic carbocycles. The van der Waals surface area contributed by atoms with Gasteiger partial charge in [-0.05, 0) is 42.8 Å². The van der Waals surface area contributed by atoms with Crippen molar-refractivity contribution in [3.63, 3.8) is 0 Å². The van der Waals surface area contributed by atoms with E-state index < -0.39 is 5.97 Å². The molecule has 2 rings (SSSR count). The van der Waals surface area contributed by atoms with Gasteiger partial charge in [0.15, 0.2) is 0 Å². The predicted molar refractivity (Wildman–Crippen MR) is 65.4 cm³/mol. The van der Waals surface area contributed by atoms with Gasteiger partial charge in [0.05, 0.1) is 5.56 Å². The zero-order valence-electron chi connectivity index (χ0n) is 9.18. The smallest absolute Gasteiger partial charge is 0.345 e. The summed E-state index contributed by atoms with van der Waals surface area (Å²) in [5, 5.41) is 0.615. The highest BCUT2D eigenvalue weighted by atomic mass is 35.5. The summed E-state index contributed by atoms with van der Waals surface area (Å²) in [5.74, 6) is 0.0757. The molecule has 1 heterocycles. The van der Waals surface area contributed by atoms with Crippen molar-refractivity contribution in [1.82, 2.24) is 4.98 Å². The van der Waals surface area contributed by atoms with Crippen LogP contribution < -0.4 is 4.74 Å². The number of halogens is 1. The molecule has 0 saturated heterocycles. The maximum absolute atomic E-state index is 11.8. The van der Waals surface area contributed by atoms with Crippen molar-refractivity contribution in [1.29, 1.82) is 0 Å². The number of hydrogen-bond acceptors (Lipinski definition) is 3. The second-order valence-electron chi connectivity index (χ2n) is 3.54. The zero-order chi connectivity index (χ0) is 12.3. The van der Waals surface area contributed by atoms with Crippen molar-refractivity contribution in [3.8, 4) is 5.75 Å². The number of pyridine rings is 1. The van der Waals surface area contributed by atoms with Gasteiger partial charge in [-0.15, -0.1) is 0 Å². The zero-order valence-corrected chi connectivity index (χ0v) is 9.94. The van der Waals surface area contributed by atoms with E-state index in [0.29, 0.717) is 16.3 Å². The Morgan fingerprint density at radius 3 is 2.82 bits per heavy atom. The number of aryl methyl sites for hydroxylation is 1. The first kappa shape index (κ1) is 11.6. The lowest BCUT2D eigenvalue weighted by atomic mass is 10.2. The highest BCUT2D eigenvalue weighted by Crippen LogP contribution is 2.22. The Labute approximate surface area is 104 Å². The lowest BCUT2D eigenvalue weighted by Crippen LogP contribution is -2.09. The van der Waals surface area contributed by atoms with Gasteiger partial charge in [-0.1, -0.05) is 11.6 Å². The van der Waals surface area contributed by atoms with Crippen molar-refractivity contribution in [2.24, 2.45) is 0 Å². The summed E-state index contributed by atoms with van der Waals surface area (Å²) >= 11 is 5.82. The lowest BCUT2D eigenvalue weighted by molar-refractivity contribution is 0.0733. The molecule has 3 nitrogen and oxygen atoms in total. The Morgan fingerprint density at radius 1 is 1.35 bits per heavy atom. The topological polar surface area (TPSA) is 39.2 Å². The SMILES string of the molecule is Cc1cc(Cl)ccc1OC(=O)c1cccnc1. The minimum absolute atomic E-state index is 0.418. The van der Waals surface area contributed by atoms with Crippen LogP contribution in [-0.2, 0) is 0 Å². The normalized spacial score (nSPS) is 10.0. The number of aromatic nitrogens is 1. The molecule has 0 saturated carbocycles. The molecule has 0 aliphatic carbocycles. The number of benzene rings is 1. The second kappa shape index (κ2) is 4.97. The third-order valence-corrected chi connectivity index (χ3v) is 2.47. The molecule has 0 N–H and O–H groups in total. The van der Waals surface area contributed by atoms with E-state index in [2.05, 4.69) is 4.98 Å². The van der Waals surface area contributed by atoms with Gasteiger partial charge in [-0.2, -0.15) is 0 Å². The summed E-state index contributed by atoms with van der Waals surface area (Å²) in [5.41, 5.74) is 1.23. The molecule has 0 unspecified atom stereocenters. The van der Waals surface area contributed by atoms with Crippen LogP contribution in [0.25, 0.3) is 0 Å². The maximum atomic E-state index is 11.8. The van der Waals surface area contributed by atoms with E-state index in [1.807, 2.05) is 6.92 Å². The van der Waals surface area contributed by atoms with E-state index in [1.165, 1.54) is 6.20 Å². The van der Waals surface area contributed by atoms with Crippen molar-refractivity contribution in [2.75, 3.05) is 0 Å². The standard InChI is InChI=1S/C13H10ClNO2/c1-9-7-11(14)4-5-12(9)17-13(16)10-3-2-6-15-8-10/h2-8H,1H3. The molecule has 0 fully saturated rings. The molecule has 1 aromatic heterocycles. The Bertz CT molecular complexity index is 540. The van der Waals surface area contributed by atoms with Crippen LogP contribution in [0.15, 0.2) is 42.7 Å². The largest absolute Gasteiger partial charge is 0.423 e. The van der Waals surface area contributed by atoms with Crippen LogP contribution >= 0.6 is 11.6 Å². The third kappa shape index (κ3) is 2.82. The van der Waals surface area contributed by atoms with E-state index in [0.717, 1.165) is 5.56 Å². The number of nitrogens with zero attached hydrogens (tertiary/aromatic N) is 1. The van der Waals surface area contributed by atoms with Gasteiger partial charge in [0.1, 0.15) is 5.75 Å². The summed E-state index contributed by atoms with van der Waals surface area (Å²) in [6, 6.07) is 8.44. The molecular weight excluding hydrogens is 238 g/mol. The van der Waals surface area contributed by atoms with E-state index in [9.17, 15) is 4.79 Å². The van der Waals surface area contributed by atoms with Gasteiger partial charge >= 0.3 is 5.97 Å². The number of carbonyl (C=O) groups excluding carboxylic acids is 1. The van der Waals surface area contributed by atoms with Crippen LogP contribution in [0.4, 0.5) is 0 Å². The first-order valence-corrected chi connectivity index (χ1v) is 5.43. The molecule has 0 aliphatic rings. The Morgan fingerprint density at radius 2 is 2.18 bits per heavy atom. The minimum atomic E-state index is -0.427. The summed E-state index contributed by atoms with van der Waals surface area (Å²) in [6.45, 7) is 1.83. The van der Waals surface area contributed by atoms with Gasteiger partial charge in [0.25, 0.3) is 0 Å². The lowest BCUT2D eigenvalue weighted by Gasteiger charge is -2.07. The maximum Gasteiger partial charge on any atom is 0.345 e. The summed E-state index contributed by atoms with van der Waals surface area (Å²) in [4.78, 5) is 15.6. The molecule has 17 heavy (non-hydrogen) atoms. The van der Waals surface area contributed by atoms with Gasteiger partial charge in [0.2, 0.25) is 0 Å². The highest BCUT2D eigenvalue weighted by molar-refractivity contribution is 6.30. The predicted octanol–water partition coefficient (Wildman–Crippen LogP) is 3.26. The fraction of sp³-hybridized carbons (Fsp3) is 0.0769. The fourth-order valence-electron chi connectivity index (χ4n) is 1.37. The first-order valence-electron chi connectivity index (χ1n) is 5.05. The quantitative estimate of drug-likeness (QED) is 0.604. The highest BCUT2D eigenvalue weighted by Gasteiger charge is 2.10. The van der Waals surface area contributed by atoms with Crippen LogP contribution in [0, 0.1) is 6.92 Å². The summed E-state index contributed by atoms with van der Waals surface area (Å²) in [6.07, 6.45) is 3.07. The van der Waals surface area contributed by atoms with Crippen molar-refractivity contribution >= 4 is 17.6 Å². The number of carbonyl (C=O) groups is 1. The van der Waals surface area contributed by atoms with E-state index in [4.69, 9.17) is 16.3 Å². The molecule has 4 heteroatoms. The monoisotopic (exact) mass is 247 g/mol. The first-order chi connectivity index (χ1) is 8.16. The van der Waals surface area contributed by atoms with Crippen LogP contribution in [0.5, 0.6) is 5.75 Å². The van der Waals surface area contributed by atoms with Crippen molar-refractivity contribution < 1.29 is 9.53 Å². The van der Waals surface area contributed by atoms with E-state index in [1.54, 1.807) is 36.5 Å². The van der Waals surface area contributed by atoms with Gasteiger partial charge in [-0.3, -0.25) is 4.98 Å². The average molecular weight is 248 g/mol. The van der Waals surface area contributed by atoms with Crippen molar-refractivity contribution in [3.05, 3.63) is 58.9 Å². The molecule has 0 amide bonds. The van der Waals surface area contributed by atoms with Crippen molar-refractivity contribution in [2.45, 2.75) is 6.92 Å². The molecule has 86 valence electrons. The Kier molecular flexibility index (Phi) is 3.40. The van der Waals surface area contributed by atoms with E-state index >= 15 is 0 Å². The molecule has 0 aliphatic heterocycles. The summed E-state index contributed by atoms with van der Waals surface area (Å²) < 4.78 is 5.25. The van der Waals surface area contributed by atoms with Gasteiger partial charge in [-0.25, -0.2) is 4.79 Å². The van der Waals surface area contributed by atoms with Gasteiger partial charge in [0, 0.05) is 17.4 Å². The Hall–Kier alpha value is -1.87. The second-order valence-corrected chi connectivity index (χ2v) is 3.98. The molecular formula is C13H10ClNO2. The van der Waals surface area contributed by atoms with E-state index in [-0.39, 0.29) is 0 Å². The molecule has 0 spiro atoms.